The van der Waals surface area contributed by atoms with Crippen molar-refractivity contribution in [1.82, 2.24) is 19.3 Å². The molecule has 1 N–H and O–H groups in total. The minimum absolute atomic E-state index is 0.0277. The highest BCUT2D eigenvalue weighted by Crippen LogP contribution is 2.40. The zero-order valence-electron chi connectivity index (χ0n) is 20.8. The predicted molar refractivity (Wildman–Crippen MR) is 133 cm³/mol. The molecule has 4 heterocycles. The third-order valence-electron chi connectivity index (χ3n) is 7.37. The second kappa shape index (κ2) is 11.0. The number of Topliss-reactive ketones (excluding diaryl/α,β-unsaturated/α-hetero) is 1. The summed E-state index contributed by atoms with van der Waals surface area (Å²) in [5, 5.41) is 7.22. The van der Waals surface area contributed by atoms with Gasteiger partial charge in [-0.05, 0) is 50.7 Å². The van der Waals surface area contributed by atoms with Gasteiger partial charge in [0, 0.05) is 63.4 Å². The summed E-state index contributed by atoms with van der Waals surface area (Å²) in [6, 6.07) is 4.91. The summed E-state index contributed by atoms with van der Waals surface area (Å²) >= 11 is 0. The highest BCUT2D eigenvalue weighted by Gasteiger charge is 2.36. The van der Waals surface area contributed by atoms with Crippen molar-refractivity contribution in [2.75, 3.05) is 51.3 Å². The van der Waals surface area contributed by atoms with Gasteiger partial charge in [0.2, 0.25) is 10.0 Å². The van der Waals surface area contributed by atoms with E-state index in [1.165, 1.54) is 10.5 Å². The molecule has 0 amide bonds. The minimum Gasteiger partial charge on any atom is -0.379 e. The number of piperidine rings is 1. The van der Waals surface area contributed by atoms with Crippen molar-refractivity contribution in [2.24, 2.45) is 5.92 Å². The number of rotatable bonds is 10. The van der Waals surface area contributed by atoms with Gasteiger partial charge >= 0.3 is 0 Å². The van der Waals surface area contributed by atoms with Crippen LogP contribution in [-0.2, 0) is 14.8 Å². The monoisotopic (exact) mass is 517 g/mol. The highest BCUT2D eigenvalue weighted by molar-refractivity contribution is 7.89. The maximum Gasteiger partial charge on any atom is 0.244 e. The van der Waals surface area contributed by atoms with Gasteiger partial charge in [-0.25, -0.2) is 13.4 Å². The van der Waals surface area contributed by atoms with Crippen LogP contribution in [0.4, 0.5) is 5.82 Å². The minimum atomic E-state index is -3.66. The van der Waals surface area contributed by atoms with Crippen LogP contribution in [0.1, 0.15) is 61.2 Å². The first-order valence-corrected chi connectivity index (χ1v) is 14.4. The molecule has 10 nitrogen and oxygen atoms in total. The van der Waals surface area contributed by atoms with Crippen molar-refractivity contribution in [3.8, 4) is 0 Å². The smallest absolute Gasteiger partial charge is 0.244 e. The molecule has 2 saturated heterocycles. The molecule has 0 unspecified atom stereocenters. The van der Waals surface area contributed by atoms with Gasteiger partial charge in [-0.15, -0.1) is 0 Å². The van der Waals surface area contributed by atoms with Crippen molar-refractivity contribution in [1.29, 1.82) is 0 Å². The van der Waals surface area contributed by atoms with Crippen LogP contribution < -0.4 is 5.32 Å². The fourth-order valence-electron chi connectivity index (χ4n) is 5.08. The van der Waals surface area contributed by atoms with Crippen LogP contribution in [0, 0.1) is 5.92 Å². The molecule has 11 heteroatoms. The lowest BCUT2D eigenvalue weighted by atomic mass is 9.88. The maximum absolute atomic E-state index is 13.3. The summed E-state index contributed by atoms with van der Waals surface area (Å²) in [7, 11) is -3.66. The number of carbonyl (C=O) groups excluding carboxylic acids is 1. The van der Waals surface area contributed by atoms with Crippen LogP contribution in [0.15, 0.2) is 33.8 Å². The third-order valence-corrected chi connectivity index (χ3v) is 9.37. The Hall–Kier alpha value is -2.34. The number of morpholine rings is 1. The lowest BCUT2D eigenvalue weighted by Crippen LogP contribution is -2.44. The Bertz CT molecular complexity index is 1140. The largest absolute Gasteiger partial charge is 0.379 e. The molecule has 2 aromatic heterocycles. The first-order valence-electron chi connectivity index (χ1n) is 12.9. The molecular formula is C25H35N5O5S. The number of pyridine rings is 1. The van der Waals surface area contributed by atoms with E-state index in [1.807, 2.05) is 6.92 Å². The molecule has 2 atom stereocenters. The molecule has 3 aliphatic rings. The summed E-state index contributed by atoms with van der Waals surface area (Å²) in [6.45, 7) is 7.29. The Labute approximate surface area is 212 Å². The van der Waals surface area contributed by atoms with E-state index in [0.29, 0.717) is 43.2 Å². The number of nitrogens with zero attached hydrogens (tertiary/aromatic N) is 4. The molecule has 0 radical (unpaired) electrons. The SMILES string of the molecule is C[C@H]1C[C@H](CC(=O)c2cc(C3CC3)on2)CCN1S(=O)(=O)c1ccc(NCCN2CCOCC2)nc1. The standard InChI is InChI=1S/C25H35N5O5S/c1-18-14-19(15-23(31)22-16-24(35-28-22)20-2-3-20)6-8-30(18)36(32,33)21-4-5-25(27-17-21)26-7-9-29-10-12-34-13-11-29/h4-5,16-20H,2-3,6-15H2,1H3,(H,26,27)/t18-,19+/m0/s1. The summed E-state index contributed by atoms with van der Waals surface area (Å²) in [6.07, 6.45) is 5.25. The van der Waals surface area contributed by atoms with Crippen molar-refractivity contribution < 1.29 is 22.5 Å². The molecule has 1 saturated carbocycles. The van der Waals surface area contributed by atoms with Crippen LogP contribution in [0.3, 0.4) is 0 Å². The summed E-state index contributed by atoms with van der Waals surface area (Å²) in [4.78, 5) is 19.5. The second-order valence-electron chi connectivity index (χ2n) is 10.1. The van der Waals surface area contributed by atoms with E-state index in [-0.39, 0.29) is 22.6 Å². The number of sulfonamides is 1. The van der Waals surface area contributed by atoms with Crippen molar-refractivity contribution in [2.45, 2.75) is 55.9 Å². The van der Waals surface area contributed by atoms with E-state index in [0.717, 1.165) is 58.0 Å². The molecule has 2 aliphatic heterocycles. The van der Waals surface area contributed by atoms with E-state index in [4.69, 9.17) is 9.26 Å². The van der Waals surface area contributed by atoms with Gasteiger partial charge in [0.1, 0.15) is 22.2 Å². The van der Waals surface area contributed by atoms with E-state index in [2.05, 4.69) is 20.4 Å². The highest BCUT2D eigenvalue weighted by atomic mass is 32.2. The number of hydrogen-bond donors (Lipinski definition) is 1. The first kappa shape index (κ1) is 25.3. The molecule has 2 aromatic rings. The van der Waals surface area contributed by atoms with Gasteiger partial charge in [-0.3, -0.25) is 9.69 Å². The molecule has 0 bridgehead atoms. The van der Waals surface area contributed by atoms with Crippen LogP contribution in [0.2, 0.25) is 0 Å². The molecule has 0 spiro atoms. The van der Waals surface area contributed by atoms with Gasteiger partial charge in [-0.2, -0.15) is 4.31 Å². The Morgan fingerprint density at radius 2 is 1.97 bits per heavy atom. The number of hydrogen-bond acceptors (Lipinski definition) is 9. The number of carbonyl (C=O) groups is 1. The van der Waals surface area contributed by atoms with Crippen LogP contribution in [0.5, 0.6) is 0 Å². The van der Waals surface area contributed by atoms with Gasteiger partial charge in [0.25, 0.3) is 0 Å². The molecule has 1 aliphatic carbocycles. The van der Waals surface area contributed by atoms with Crippen molar-refractivity contribution >= 4 is 21.6 Å². The number of nitrogens with one attached hydrogen (secondary N) is 1. The molecule has 0 aromatic carbocycles. The van der Waals surface area contributed by atoms with Crippen molar-refractivity contribution in [3.63, 3.8) is 0 Å². The molecule has 36 heavy (non-hydrogen) atoms. The Balaban J connectivity index is 1.12. The predicted octanol–water partition coefficient (Wildman–Crippen LogP) is 2.75. The maximum atomic E-state index is 13.3. The van der Waals surface area contributed by atoms with Crippen LogP contribution in [-0.4, -0.2) is 85.5 Å². The van der Waals surface area contributed by atoms with Gasteiger partial charge < -0.3 is 14.6 Å². The average molecular weight is 518 g/mol. The Morgan fingerprint density at radius 3 is 2.67 bits per heavy atom. The van der Waals surface area contributed by atoms with Crippen LogP contribution >= 0.6 is 0 Å². The normalized spacial score (nSPS) is 24.0. The number of aromatic nitrogens is 2. The summed E-state index contributed by atoms with van der Waals surface area (Å²) in [5.74, 6) is 1.97. The number of anilines is 1. The quantitative estimate of drug-likeness (QED) is 0.475. The number of ketones is 1. The summed E-state index contributed by atoms with van der Waals surface area (Å²) < 4.78 is 38.8. The Kier molecular flexibility index (Phi) is 7.71. The number of ether oxygens (including phenoxy) is 1. The molecular weight excluding hydrogens is 482 g/mol. The van der Waals surface area contributed by atoms with Gasteiger partial charge in [0.05, 0.1) is 13.2 Å². The molecule has 196 valence electrons. The van der Waals surface area contributed by atoms with Gasteiger partial charge in [-0.1, -0.05) is 5.16 Å². The fraction of sp³-hybridized carbons (Fsp3) is 0.640. The van der Waals surface area contributed by atoms with Crippen LogP contribution in [0.25, 0.3) is 0 Å². The average Bonchev–Trinajstić information content (AvgIpc) is 3.61. The second-order valence-corrected chi connectivity index (χ2v) is 12.0. The molecule has 3 fully saturated rings. The van der Waals surface area contributed by atoms with Gasteiger partial charge in [0.15, 0.2) is 5.78 Å². The topological polar surface area (TPSA) is 118 Å². The first-order chi connectivity index (χ1) is 17.4. The van der Waals surface area contributed by atoms with E-state index < -0.39 is 10.0 Å². The lowest BCUT2D eigenvalue weighted by molar-refractivity contribution is 0.0398. The summed E-state index contributed by atoms with van der Waals surface area (Å²) in [5.41, 5.74) is 0.393. The van der Waals surface area contributed by atoms with E-state index >= 15 is 0 Å². The third kappa shape index (κ3) is 5.96. The lowest BCUT2D eigenvalue weighted by Gasteiger charge is -2.36. The van der Waals surface area contributed by atoms with E-state index in [1.54, 1.807) is 18.2 Å². The zero-order valence-corrected chi connectivity index (χ0v) is 21.6. The zero-order chi connectivity index (χ0) is 25.1. The van der Waals surface area contributed by atoms with Crippen molar-refractivity contribution in [3.05, 3.63) is 35.9 Å². The van der Waals surface area contributed by atoms with E-state index in [9.17, 15) is 13.2 Å². The Morgan fingerprint density at radius 1 is 1.17 bits per heavy atom. The fourth-order valence-corrected chi connectivity index (χ4v) is 6.68. The molecule has 5 rings (SSSR count).